The second-order valence-corrected chi connectivity index (χ2v) is 14.5. The minimum absolute atomic E-state index is 0.142. The SMILES string of the molecule is CCC(=O)CC[C@@H](C)[C@H]1CCC2C3C(CC(O)[C@@]21C)[C@@]1(C)CC[C@H](NCCCNCCCCN)C[C@@H]1C[C@H]3O. The first-order valence-electron chi connectivity index (χ1n) is 16.7. The van der Waals surface area contributed by atoms with Gasteiger partial charge in [0.2, 0.25) is 0 Å². The maximum Gasteiger partial charge on any atom is 0.132 e. The van der Waals surface area contributed by atoms with Crippen LogP contribution in [0.4, 0.5) is 0 Å². The molecule has 4 aliphatic rings. The molecule has 0 aliphatic heterocycles. The molecule has 39 heavy (non-hydrogen) atoms. The second-order valence-electron chi connectivity index (χ2n) is 14.5. The topological polar surface area (TPSA) is 108 Å². The number of Topliss-reactive ketones (excluding diaryl/α,β-unsaturated/α-hetero) is 1. The lowest BCUT2D eigenvalue weighted by molar-refractivity contribution is -0.202. The van der Waals surface area contributed by atoms with E-state index in [1.54, 1.807) is 0 Å². The van der Waals surface area contributed by atoms with Gasteiger partial charge in [-0.3, -0.25) is 4.79 Å². The van der Waals surface area contributed by atoms with E-state index in [1.807, 2.05) is 6.92 Å². The van der Waals surface area contributed by atoms with Gasteiger partial charge in [0.05, 0.1) is 12.2 Å². The van der Waals surface area contributed by atoms with Crippen molar-refractivity contribution in [2.24, 2.45) is 52.1 Å². The highest BCUT2D eigenvalue weighted by Gasteiger charge is 2.65. The molecule has 0 spiro atoms. The van der Waals surface area contributed by atoms with E-state index in [4.69, 9.17) is 5.73 Å². The molecule has 0 bridgehead atoms. The van der Waals surface area contributed by atoms with E-state index in [1.165, 1.54) is 12.8 Å². The summed E-state index contributed by atoms with van der Waals surface area (Å²) in [6, 6.07) is 0.547. The lowest BCUT2D eigenvalue weighted by Crippen LogP contribution is -2.62. The number of carbonyl (C=O) groups excluding carboxylic acids is 1. The molecule has 226 valence electrons. The number of ketones is 1. The normalized spacial score (nSPS) is 42.4. The van der Waals surface area contributed by atoms with Crippen molar-refractivity contribution in [3.63, 3.8) is 0 Å². The fourth-order valence-corrected chi connectivity index (χ4v) is 10.1. The van der Waals surface area contributed by atoms with E-state index >= 15 is 0 Å². The van der Waals surface area contributed by atoms with Gasteiger partial charge in [0, 0.05) is 18.9 Å². The van der Waals surface area contributed by atoms with E-state index < -0.39 is 0 Å². The van der Waals surface area contributed by atoms with Crippen LogP contribution in [0.5, 0.6) is 0 Å². The molecular formula is C33H61N3O3. The summed E-state index contributed by atoms with van der Waals surface area (Å²) in [6.45, 7) is 13.1. The number of nitrogens with one attached hydrogen (secondary N) is 2. The molecule has 4 rings (SSSR count). The molecule has 0 heterocycles. The second kappa shape index (κ2) is 13.6. The van der Waals surface area contributed by atoms with Gasteiger partial charge in [-0.25, -0.2) is 0 Å². The Balaban J connectivity index is 1.35. The van der Waals surface area contributed by atoms with Crippen molar-refractivity contribution < 1.29 is 15.0 Å². The molecule has 0 saturated heterocycles. The van der Waals surface area contributed by atoms with Crippen molar-refractivity contribution in [2.45, 2.75) is 129 Å². The quantitative estimate of drug-likeness (QED) is 0.203. The third-order valence-electron chi connectivity index (χ3n) is 12.6. The van der Waals surface area contributed by atoms with E-state index in [0.717, 1.165) is 84.0 Å². The zero-order chi connectivity index (χ0) is 28.2. The van der Waals surface area contributed by atoms with E-state index in [9.17, 15) is 15.0 Å². The van der Waals surface area contributed by atoms with Crippen LogP contribution >= 0.6 is 0 Å². The summed E-state index contributed by atoms with van der Waals surface area (Å²) < 4.78 is 0. The Labute approximate surface area is 239 Å². The number of carbonyl (C=O) groups is 1. The first-order chi connectivity index (χ1) is 18.7. The van der Waals surface area contributed by atoms with Gasteiger partial charge < -0.3 is 26.6 Å². The van der Waals surface area contributed by atoms with Crippen LogP contribution in [0.15, 0.2) is 0 Å². The standard InChI is InChI=1S/C33H61N3O3/c1-5-25(37)10-9-22(2)26-11-12-27-31-28(21-30(39)33(26,27)4)32(3)14-13-24(19-23(32)20-29(31)38)36-18-8-17-35-16-7-6-15-34/h22-24,26-31,35-36,38-39H,5-21,34H2,1-4H3/t22-,23-,24+,26-,27?,28?,29-,30?,31?,32+,33-/m1/s1. The van der Waals surface area contributed by atoms with Crippen molar-refractivity contribution in [3.8, 4) is 0 Å². The molecular weight excluding hydrogens is 486 g/mol. The maximum absolute atomic E-state index is 12.0. The Morgan fingerprint density at radius 3 is 2.51 bits per heavy atom. The first kappa shape index (κ1) is 31.4. The Hall–Kier alpha value is -0.530. The number of aliphatic hydroxyl groups excluding tert-OH is 2. The predicted octanol–water partition coefficient (Wildman–Crippen LogP) is 4.66. The molecule has 6 nitrogen and oxygen atoms in total. The molecule has 0 aromatic rings. The van der Waals surface area contributed by atoms with Gasteiger partial charge in [-0.2, -0.15) is 0 Å². The third-order valence-corrected chi connectivity index (χ3v) is 12.6. The van der Waals surface area contributed by atoms with Gasteiger partial charge in [-0.1, -0.05) is 27.7 Å². The molecule has 4 fully saturated rings. The number of hydrogen-bond donors (Lipinski definition) is 5. The Morgan fingerprint density at radius 1 is 1.00 bits per heavy atom. The number of unbranched alkanes of at least 4 members (excludes halogenated alkanes) is 1. The van der Waals surface area contributed by atoms with Crippen molar-refractivity contribution in [1.29, 1.82) is 0 Å². The summed E-state index contributed by atoms with van der Waals surface area (Å²) in [5.41, 5.74) is 5.65. The minimum Gasteiger partial charge on any atom is -0.393 e. The van der Waals surface area contributed by atoms with Crippen molar-refractivity contribution in [1.82, 2.24) is 10.6 Å². The molecule has 4 unspecified atom stereocenters. The molecule has 11 atom stereocenters. The van der Waals surface area contributed by atoms with Crippen LogP contribution in [0, 0.1) is 46.3 Å². The lowest BCUT2D eigenvalue weighted by atomic mass is 9.43. The summed E-state index contributed by atoms with van der Waals surface area (Å²) in [7, 11) is 0. The number of nitrogens with two attached hydrogens (primary N) is 1. The van der Waals surface area contributed by atoms with Crippen LogP contribution < -0.4 is 16.4 Å². The number of hydrogen-bond acceptors (Lipinski definition) is 6. The van der Waals surface area contributed by atoms with Crippen LogP contribution in [-0.4, -0.2) is 60.4 Å². The van der Waals surface area contributed by atoms with E-state index in [0.29, 0.717) is 60.2 Å². The molecule has 4 saturated carbocycles. The summed E-state index contributed by atoms with van der Waals surface area (Å²) in [4.78, 5) is 12.0. The lowest BCUT2D eigenvalue weighted by Gasteiger charge is -2.63. The zero-order valence-corrected chi connectivity index (χ0v) is 25.6. The smallest absolute Gasteiger partial charge is 0.132 e. The maximum atomic E-state index is 12.0. The number of fused-ring (bicyclic) bond motifs is 5. The monoisotopic (exact) mass is 547 g/mol. The Kier molecular flexibility index (Phi) is 11.0. The summed E-state index contributed by atoms with van der Waals surface area (Å²) in [5, 5.41) is 30.9. The highest BCUT2D eigenvalue weighted by molar-refractivity contribution is 5.77. The predicted molar refractivity (Wildman–Crippen MR) is 159 cm³/mol. The van der Waals surface area contributed by atoms with Crippen molar-refractivity contribution in [3.05, 3.63) is 0 Å². The zero-order valence-electron chi connectivity index (χ0n) is 25.6. The fourth-order valence-electron chi connectivity index (χ4n) is 10.1. The average molecular weight is 548 g/mol. The number of aliphatic hydroxyl groups is 2. The third kappa shape index (κ3) is 6.45. The van der Waals surface area contributed by atoms with Crippen molar-refractivity contribution in [2.75, 3.05) is 26.2 Å². The van der Waals surface area contributed by atoms with Crippen LogP contribution in [0.3, 0.4) is 0 Å². The van der Waals surface area contributed by atoms with Gasteiger partial charge in [0.1, 0.15) is 5.78 Å². The van der Waals surface area contributed by atoms with Gasteiger partial charge in [-0.15, -0.1) is 0 Å². The highest BCUT2D eigenvalue weighted by Crippen LogP contribution is 2.68. The van der Waals surface area contributed by atoms with E-state index in [-0.39, 0.29) is 23.0 Å². The molecule has 0 radical (unpaired) electrons. The summed E-state index contributed by atoms with van der Waals surface area (Å²) in [6.07, 6.45) is 12.6. The molecule has 4 aliphatic carbocycles. The average Bonchev–Trinajstić information content (AvgIpc) is 3.28. The molecule has 6 N–H and O–H groups in total. The molecule has 6 heteroatoms. The Morgan fingerprint density at radius 2 is 1.77 bits per heavy atom. The van der Waals surface area contributed by atoms with Gasteiger partial charge in [-0.05, 0) is 143 Å². The van der Waals surface area contributed by atoms with Crippen LogP contribution in [-0.2, 0) is 4.79 Å². The molecule has 0 aromatic heterocycles. The van der Waals surface area contributed by atoms with Gasteiger partial charge in [0.15, 0.2) is 0 Å². The summed E-state index contributed by atoms with van der Waals surface area (Å²) >= 11 is 0. The van der Waals surface area contributed by atoms with Gasteiger partial charge in [0.25, 0.3) is 0 Å². The number of rotatable bonds is 14. The highest BCUT2D eigenvalue weighted by atomic mass is 16.3. The Bertz CT molecular complexity index is 794. The largest absolute Gasteiger partial charge is 0.393 e. The summed E-state index contributed by atoms with van der Waals surface area (Å²) in [5.74, 6) is 2.87. The van der Waals surface area contributed by atoms with Crippen LogP contribution in [0.25, 0.3) is 0 Å². The fraction of sp³-hybridized carbons (Fsp3) is 0.970. The van der Waals surface area contributed by atoms with Crippen LogP contribution in [0.2, 0.25) is 0 Å². The molecule has 0 amide bonds. The molecule has 0 aromatic carbocycles. The first-order valence-corrected chi connectivity index (χ1v) is 16.7. The van der Waals surface area contributed by atoms with E-state index in [2.05, 4.69) is 31.4 Å². The van der Waals surface area contributed by atoms with Crippen LogP contribution in [0.1, 0.15) is 111 Å². The van der Waals surface area contributed by atoms with Crippen molar-refractivity contribution >= 4 is 5.78 Å². The minimum atomic E-state index is -0.309. The van der Waals surface area contributed by atoms with Gasteiger partial charge >= 0.3 is 0 Å².